The maximum atomic E-state index is 12.7. The number of halogens is 3. The predicted molar refractivity (Wildman–Crippen MR) is 96.9 cm³/mol. The number of para-hydroxylation sites is 2. The third-order valence-electron chi connectivity index (χ3n) is 3.70. The molecule has 0 saturated carbocycles. The first kappa shape index (κ1) is 20.5. The quantitative estimate of drug-likeness (QED) is 0.620. The highest BCUT2D eigenvalue weighted by Gasteiger charge is 2.32. The summed E-state index contributed by atoms with van der Waals surface area (Å²) in [5.74, 6) is -0.373. The Kier molecular flexibility index (Phi) is 5.44. The van der Waals surface area contributed by atoms with Crippen LogP contribution in [0.1, 0.15) is 0 Å². The summed E-state index contributed by atoms with van der Waals surface area (Å²) in [5.41, 5.74) is 0.488. The van der Waals surface area contributed by atoms with Gasteiger partial charge in [-0.15, -0.1) is 23.4 Å². The summed E-state index contributed by atoms with van der Waals surface area (Å²) in [6.07, 6.45) is -4.88. The van der Waals surface area contributed by atoms with E-state index >= 15 is 0 Å². The topological polar surface area (TPSA) is 111 Å². The number of ether oxygens (including phenoxy) is 1. The Morgan fingerprint density at radius 2 is 1.83 bits per heavy atom. The number of benzene rings is 2. The molecule has 0 aliphatic carbocycles. The number of alkyl halides is 3. The summed E-state index contributed by atoms with van der Waals surface area (Å²) in [6, 6.07) is 9.41. The first-order chi connectivity index (χ1) is 13.6. The van der Waals surface area contributed by atoms with Gasteiger partial charge in [0.2, 0.25) is 15.8 Å². The van der Waals surface area contributed by atoms with E-state index in [0.717, 1.165) is 6.07 Å². The Hall–Kier alpha value is -3.19. The number of hydrogen-bond donors (Lipinski definition) is 2. The minimum Gasteiger partial charge on any atom is -0.404 e. The molecule has 1 heterocycles. The summed E-state index contributed by atoms with van der Waals surface area (Å²) in [6.45, 7) is 0. The fourth-order valence-electron chi connectivity index (χ4n) is 2.42. The number of hydrogen-bond acceptors (Lipinski definition) is 7. The molecule has 2 N–H and O–H groups in total. The molecule has 154 valence electrons. The third kappa shape index (κ3) is 4.81. The zero-order chi connectivity index (χ0) is 21.2. The lowest BCUT2D eigenvalue weighted by Crippen LogP contribution is -2.19. The number of anilines is 2. The van der Waals surface area contributed by atoms with Crippen LogP contribution in [0.2, 0.25) is 0 Å². The summed E-state index contributed by atoms with van der Waals surface area (Å²) in [5, 5.41) is 14.4. The Morgan fingerprint density at radius 3 is 2.45 bits per heavy atom. The molecular weight excluding hydrogens is 413 g/mol. The van der Waals surface area contributed by atoms with Crippen molar-refractivity contribution < 1.29 is 26.3 Å². The van der Waals surface area contributed by atoms with Crippen molar-refractivity contribution in [1.82, 2.24) is 24.9 Å². The van der Waals surface area contributed by atoms with Gasteiger partial charge in [0, 0.05) is 11.3 Å². The second-order valence-electron chi connectivity index (χ2n) is 5.69. The normalized spacial score (nSPS) is 12.0. The van der Waals surface area contributed by atoms with Gasteiger partial charge in [-0.05, 0) is 42.6 Å². The lowest BCUT2D eigenvalue weighted by atomic mass is 10.1. The van der Waals surface area contributed by atoms with E-state index in [1.165, 1.54) is 55.3 Å². The molecule has 9 nitrogen and oxygen atoms in total. The van der Waals surface area contributed by atoms with Crippen LogP contribution < -0.4 is 14.8 Å². The van der Waals surface area contributed by atoms with Crippen LogP contribution >= 0.6 is 0 Å². The van der Waals surface area contributed by atoms with E-state index in [-0.39, 0.29) is 27.7 Å². The largest absolute Gasteiger partial charge is 0.573 e. The van der Waals surface area contributed by atoms with Crippen molar-refractivity contribution in [2.45, 2.75) is 11.3 Å². The molecule has 0 atom stereocenters. The van der Waals surface area contributed by atoms with Gasteiger partial charge in [0.05, 0.1) is 17.6 Å². The average molecular weight is 428 g/mol. The Balaban J connectivity index is 2.09. The van der Waals surface area contributed by atoms with Gasteiger partial charge in [-0.2, -0.15) is 4.80 Å². The van der Waals surface area contributed by atoms with Crippen LogP contribution in [0.25, 0.3) is 11.4 Å². The highest BCUT2D eigenvalue weighted by atomic mass is 32.2. The van der Waals surface area contributed by atoms with Crippen LogP contribution in [0.3, 0.4) is 0 Å². The van der Waals surface area contributed by atoms with Crippen molar-refractivity contribution in [1.29, 1.82) is 0 Å². The molecule has 0 aliphatic rings. The van der Waals surface area contributed by atoms with Crippen LogP contribution in [-0.2, 0) is 17.1 Å². The van der Waals surface area contributed by atoms with Gasteiger partial charge in [0.25, 0.3) is 0 Å². The van der Waals surface area contributed by atoms with E-state index in [1.54, 1.807) is 0 Å². The van der Waals surface area contributed by atoms with Gasteiger partial charge in [0.1, 0.15) is 0 Å². The fourth-order valence-corrected chi connectivity index (χ4v) is 3.18. The molecule has 0 amide bonds. The maximum Gasteiger partial charge on any atom is 0.573 e. The van der Waals surface area contributed by atoms with E-state index in [9.17, 15) is 21.6 Å². The first-order valence-corrected chi connectivity index (χ1v) is 9.51. The zero-order valence-corrected chi connectivity index (χ0v) is 15.9. The highest BCUT2D eigenvalue weighted by Crippen LogP contribution is 2.35. The highest BCUT2D eigenvalue weighted by molar-refractivity contribution is 7.89. The SMILES string of the molecule is CNS(=O)(=O)c1ccc(Nc2ccccc2OC(F)(F)F)c(-c2nnn(C)n2)c1. The molecule has 0 spiro atoms. The molecule has 3 rings (SSSR count). The van der Waals surface area contributed by atoms with Crippen LogP contribution in [0, 0.1) is 0 Å². The van der Waals surface area contributed by atoms with Gasteiger partial charge < -0.3 is 10.1 Å². The monoisotopic (exact) mass is 428 g/mol. The van der Waals surface area contributed by atoms with Crippen molar-refractivity contribution in [3.05, 3.63) is 42.5 Å². The van der Waals surface area contributed by atoms with E-state index in [2.05, 4.69) is 30.2 Å². The van der Waals surface area contributed by atoms with E-state index in [0.29, 0.717) is 0 Å². The molecular formula is C16H15F3N6O3S. The molecule has 0 bridgehead atoms. The number of tetrazole rings is 1. The van der Waals surface area contributed by atoms with E-state index in [1.807, 2.05) is 0 Å². The molecule has 0 saturated heterocycles. The third-order valence-corrected chi connectivity index (χ3v) is 5.11. The van der Waals surface area contributed by atoms with Crippen molar-refractivity contribution >= 4 is 21.4 Å². The van der Waals surface area contributed by atoms with Gasteiger partial charge in [-0.1, -0.05) is 12.1 Å². The lowest BCUT2D eigenvalue weighted by Gasteiger charge is -2.16. The lowest BCUT2D eigenvalue weighted by molar-refractivity contribution is -0.274. The van der Waals surface area contributed by atoms with Gasteiger partial charge in [0.15, 0.2) is 5.75 Å². The number of nitrogens with zero attached hydrogens (tertiary/aromatic N) is 4. The Morgan fingerprint density at radius 1 is 1.10 bits per heavy atom. The molecule has 13 heteroatoms. The Bertz CT molecular complexity index is 1130. The van der Waals surface area contributed by atoms with Crippen LogP contribution in [0.4, 0.5) is 24.5 Å². The molecule has 2 aromatic carbocycles. The van der Waals surface area contributed by atoms with Crippen molar-refractivity contribution in [2.75, 3.05) is 12.4 Å². The summed E-state index contributed by atoms with van der Waals surface area (Å²) >= 11 is 0. The minimum atomic E-state index is -4.88. The number of aromatic nitrogens is 4. The van der Waals surface area contributed by atoms with Gasteiger partial charge in [-0.25, -0.2) is 13.1 Å². The summed E-state index contributed by atoms with van der Waals surface area (Å²) < 4.78 is 68.5. The number of sulfonamides is 1. The van der Waals surface area contributed by atoms with Crippen molar-refractivity contribution in [2.24, 2.45) is 7.05 Å². The number of aryl methyl sites for hydroxylation is 1. The molecule has 0 unspecified atom stereocenters. The fraction of sp³-hybridized carbons (Fsp3) is 0.188. The molecule has 29 heavy (non-hydrogen) atoms. The second-order valence-corrected chi connectivity index (χ2v) is 7.57. The van der Waals surface area contributed by atoms with Crippen LogP contribution in [0.5, 0.6) is 5.75 Å². The number of nitrogens with one attached hydrogen (secondary N) is 2. The standard InChI is InChI=1S/C16H15F3N6O3S/c1-20-29(26,27)10-7-8-12(11(9-10)15-22-24-25(2)23-15)21-13-5-3-4-6-14(13)28-16(17,18)19/h3-9,20-21H,1-2H3. The number of rotatable bonds is 6. The molecule has 1 aromatic heterocycles. The predicted octanol–water partition coefficient (Wildman–Crippen LogP) is 2.43. The average Bonchev–Trinajstić information content (AvgIpc) is 3.08. The summed E-state index contributed by atoms with van der Waals surface area (Å²) in [4.78, 5) is 1.09. The minimum absolute atomic E-state index is 0.0131. The molecule has 3 aromatic rings. The summed E-state index contributed by atoms with van der Waals surface area (Å²) in [7, 11) is -1.00. The van der Waals surface area contributed by atoms with Crippen molar-refractivity contribution in [3.8, 4) is 17.1 Å². The first-order valence-electron chi connectivity index (χ1n) is 8.03. The van der Waals surface area contributed by atoms with Crippen LogP contribution in [0.15, 0.2) is 47.4 Å². The smallest absolute Gasteiger partial charge is 0.404 e. The van der Waals surface area contributed by atoms with E-state index in [4.69, 9.17) is 0 Å². The maximum absolute atomic E-state index is 12.7. The van der Waals surface area contributed by atoms with E-state index < -0.39 is 22.1 Å². The molecule has 0 radical (unpaired) electrons. The Labute approximate surface area is 163 Å². The van der Waals surface area contributed by atoms with Gasteiger partial charge >= 0.3 is 6.36 Å². The second kappa shape index (κ2) is 7.67. The molecule has 0 aliphatic heterocycles. The van der Waals surface area contributed by atoms with Crippen LogP contribution in [-0.4, -0.2) is 42.0 Å². The molecule has 0 fully saturated rings. The zero-order valence-electron chi connectivity index (χ0n) is 15.1. The van der Waals surface area contributed by atoms with Crippen molar-refractivity contribution in [3.63, 3.8) is 0 Å². The van der Waals surface area contributed by atoms with Gasteiger partial charge in [-0.3, -0.25) is 0 Å².